The van der Waals surface area contributed by atoms with E-state index >= 15 is 0 Å². The molecule has 3 heterocycles. The molecule has 1 N–H and O–H groups in total. The fourth-order valence-corrected chi connectivity index (χ4v) is 4.74. The number of benzene rings is 1. The van der Waals surface area contributed by atoms with Crippen LogP contribution in [0.25, 0.3) is 4.96 Å². The van der Waals surface area contributed by atoms with E-state index < -0.39 is 0 Å². The number of hydrogen-bond acceptors (Lipinski definition) is 6. The molecule has 4 rings (SSSR count). The Morgan fingerprint density at radius 2 is 2.07 bits per heavy atom. The van der Waals surface area contributed by atoms with Crippen LogP contribution in [0.5, 0.6) is 5.75 Å². The molecule has 8 heteroatoms. The molecule has 0 saturated carbocycles. The van der Waals surface area contributed by atoms with E-state index in [9.17, 15) is 4.79 Å². The van der Waals surface area contributed by atoms with Gasteiger partial charge in [0.05, 0.1) is 25.0 Å². The molecule has 1 amide bonds. The second-order valence-corrected chi connectivity index (χ2v) is 8.54. The van der Waals surface area contributed by atoms with Crippen molar-refractivity contribution in [1.82, 2.24) is 19.6 Å². The minimum absolute atomic E-state index is 0.0190. The number of rotatable bonds is 7. The minimum Gasteiger partial charge on any atom is -0.496 e. The van der Waals surface area contributed by atoms with E-state index in [0.717, 1.165) is 34.9 Å². The third-order valence-corrected chi connectivity index (χ3v) is 6.08. The van der Waals surface area contributed by atoms with Gasteiger partial charge in [-0.1, -0.05) is 18.2 Å². The van der Waals surface area contributed by atoms with Crippen LogP contribution >= 0.6 is 11.3 Å². The first-order chi connectivity index (χ1) is 14.6. The first-order valence-corrected chi connectivity index (χ1v) is 11.2. The highest BCUT2D eigenvalue weighted by Crippen LogP contribution is 2.21. The predicted molar refractivity (Wildman–Crippen MR) is 117 cm³/mol. The summed E-state index contributed by atoms with van der Waals surface area (Å²) in [6.45, 7) is 6.54. The minimum atomic E-state index is -0.0190. The first kappa shape index (κ1) is 20.8. The third kappa shape index (κ3) is 4.35. The number of aromatic nitrogens is 2. The highest BCUT2D eigenvalue weighted by molar-refractivity contribution is 7.15. The number of hydrogen-bond donors (Lipinski definition) is 1. The number of thiazole rings is 1. The van der Waals surface area contributed by atoms with E-state index in [1.54, 1.807) is 18.4 Å². The van der Waals surface area contributed by atoms with E-state index in [1.165, 1.54) is 0 Å². The molecule has 30 heavy (non-hydrogen) atoms. The maximum Gasteiger partial charge on any atom is 0.274 e. The lowest BCUT2D eigenvalue weighted by molar-refractivity contribution is -0.0587. The molecule has 1 aromatic carbocycles. The summed E-state index contributed by atoms with van der Waals surface area (Å²) in [7, 11) is 1.69. The number of nitrogens with zero attached hydrogens (tertiary/aromatic N) is 3. The molecular formula is C22H28N4O3S. The van der Waals surface area contributed by atoms with Crippen LogP contribution < -0.4 is 10.1 Å². The molecule has 2 aromatic heterocycles. The molecule has 0 radical (unpaired) electrons. The Bertz CT molecular complexity index is 1000. The summed E-state index contributed by atoms with van der Waals surface area (Å²) in [5.74, 6) is 0.879. The van der Waals surface area contributed by atoms with Crippen molar-refractivity contribution in [2.75, 3.05) is 26.7 Å². The second kappa shape index (κ2) is 9.16. The van der Waals surface area contributed by atoms with Crippen molar-refractivity contribution in [3.8, 4) is 5.75 Å². The van der Waals surface area contributed by atoms with Gasteiger partial charge in [0.25, 0.3) is 5.91 Å². The zero-order valence-corrected chi connectivity index (χ0v) is 18.4. The number of carbonyl (C=O) groups is 1. The molecule has 0 unspecified atom stereocenters. The fourth-order valence-electron chi connectivity index (χ4n) is 4.01. The molecule has 0 spiro atoms. The standard InChI is InChI=1S/C22H28N4O3S/c1-15-13-25(14-16(2)29-15)21(27)20-18(26-10-11-30-22(26)24-20)12-23-9-8-17-6-4-5-7-19(17)28-3/h4-7,10-11,15-16,23H,8-9,12-14H2,1-3H3/t15-,16+. The normalized spacial score (nSPS) is 19.4. The molecule has 1 aliphatic rings. The van der Waals surface area contributed by atoms with Crippen LogP contribution in [-0.2, 0) is 17.7 Å². The number of fused-ring (bicyclic) bond motifs is 1. The van der Waals surface area contributed by atoms with Crippen molar-refractivity contribution >= 4 is 22.2 Å². The van der Waals surface area contributed by atoms with Crippen LogP contribution in [0.15, 0.2) is 35.8 Å². The quantitative estimate of drug-likeness (QED) is 0.586. The van der Waals surface area contributed by atoms with Gasteiger partial charge < -0.3 is 19.7 Å². The molecule has 160 valence electrons. The van der Waals surface area contributed by atoms with Gasteiger partial charge in [-0.25, -0.2) is 4.98 Å². The molecule has 7 nitrogen and oxygen atoms in total. The van der Waals surface area contributed by atoms with Crippen molar-refractivity contribution in [3.05, 3.63) is 52.8 Å². The Balaban J connectivity index is 1.47. The summed E-state index contributed by atoms with van der Waals surface area (Å²) in [5, 5.41) is 5.47. The summed E-state index contributed by atoms with van der Waals surface area (Å²) >= 11 is 1.54. The maximum atomic E-state index is 13.3. The number of imidazole rings is 1. The van der Waals surface area contributed by atoms with Crippen molar-refractivity contribution in [1.29, 1.82) is 0 Å². The monoisotopic (exact) mass is 428 g/mol. The van der Waals surface area contributed by atoms with Gasteiger partial charge in [0.15, 0.2) is 10.7 Å². The number of nitrogens with one attached hydrogen (secondary N) is 1. The Labute approximate surface area is 180 Å². The van der Waals surface area contributed by atoms with E-state index in [4.69, 9.17) is 9.47 Å². The number of ether oxygens (including phenoxy) is 2. The average molecular weight is 429 g/mol. The van der Waals surface area contributed by atoms with Crippen LogP contribution in [0, 0.1) is 0 Å². The lowest BCUT2D eigenvalue weighted by Gasteiger charge is -2.35. The molecular weight excluding hydrogens is 400 g/mol. The van der Waals surface area contributed by atoms with Crippen molar-refractivity contribution in [2.24, 2.45) is 0 Å². The van der Waals surface area contributed by atoms with Crippen LogP contribution in [0.2, 0.25) is 0 Å². The number of methoxy groups -OCH3 is 1. The number of carbonyl (C=O) groups excluding carboxylic acids is 1. The van der Waals surface area contributed by atoms with Crippen LogP contribution in [-0.4, -0.2) is 59.1 Å². The summed E-state index contributed by atoms with van der Waals surface area (Å²) in [6.07, 6.45) is 2.89. The Morgan fingerprint density at radius 3 is 2.83 bits per heavy atom. The Hall–Kier alpha value is -2.42. The summed E-state index contributed by atoms with van der Waals surface area (Å²) in [4.78, 5) is 20.6. The van der Waals surface area contributed by atoms with Crippen LogP contribution in [0.4, 0.5) is 0 Å². The van der Waals surface area contributed by atoms with Crippen molar-refractivity contribution in [3.63, 3.8) is 0 Å². The van der Waals surface area contributed by atoms with Gasteiger partial charge in [0.2, 0.25) is 0 Å². The van der Waals surface area contributed by atoms with E-state index in [-0.39, 0.29) is 18.1 Å². The Kier molecular flexibility index (Phi) is 6.36. The largest absolute Gasteiger partial charge is 0.496 e. The summed E-state index contributed by atoms with van der Waals surface area (Å²) in [6, 6.07) is 8.04. The Morgan fingerprint density at radius 1 is 1.30 bits per heavy atom. The van der Waals surface area contributed by atoms with Gasteiger partial charge in [0, 0.05) is 31.2 Å². The molecule has 1 saturated heterocycles. The van der Waals surface area contributed by atoms with E-state index in [1.807, 2.05) is 52.9 Å². The summed E-state index contributed by atoms with van der Waals surface area (Å²) in [5.41, 5.74) is 2.60. The van der Waals surface area contributed by atoms with Gasteiger partial charge in [0.1, 0.15) is 5.75 Å². The lowest BCUT2D eigenvalue weighted by Crippen LogP contribution is -2.48. The van der Waals surface area contributed by atoms with Crippen molar-refractivity contribution < 1.29 is 14.3 Å². The number of para-hydroxylation sites is 1. The maximum absolute atomic E-state index is 13.3. The summed E-state index contributed by atoms with van der Waals surface area (Å²) < 4.78 is 13.2. The van der Waals surface area contributed by atoms with Crippen molar-refractivity contribution in [2.45, 2.75) is 39.0 Å². The van der Waals surface area contributed by atoms with Crippen LogP contribution in [0.3, 0.4) is 0 Å². The average Bonchev–Trinajstić information content (AvgIpc) is 3.32. The number of morpholine rings is 1. The number of amides is 1. The molecule has 1 aliphatic heterocycles. The zero-order chi connectivity index (χ0) is 21.1. The predicted octanol–water partition coefficient (Wildman–Crippen LogP) is 2.99. The van der Waals surface area contributed by atoms with Gasteiger partial charge >= 0.3 is 0 Å². The second-order valence-electron chi connectivity index (χ2n) is 7.67. The SMILES string of the molecule is COc1ccccc1CCNCc1c(C(=O)N2C[C@@H](C)O[C@@H](C)C2)nc2sccn12. The van der Waals surface area contributed by atoms with E-state index in [2.05, 4.69) is 16.4 Å². The molecule has 0 bridgehead atoms. The highest BCUT2D eigenvalue weighted by Gasteiger charge is 2.30. The molecule has 0 aliphatic carbocycles. The molecule has 1 fully saturated rings. The third-order valence-electron chi connectivity index (χ3n) is 5.33. The topological polar surface area (TPSA) is 68.1 Å². The van der Waals surface area contributed by atoms with Gasteiger partial charge in [-0.05, 0) is 38.4 Å². The van der Waals surface area contributed by atoms with Gasteiger partial charge in [-0.15, -0.1) is 11.3 Å². The van der Waals surface area contributed by atoms with E-state index in [0.29, 0.717) is 25.3 Å². The zero-order valence-electron chi connectivity index (χ0n) is 17.6. The van der Waals surface area contributed by atoms with Gasteiger partial charge in [-0.3, -0.25) is 9.20 Å². The van der Waals surface area contributed by atoms with Crippen LogP contribution in [0.1, 0.15) is 35.6 Å². The smallest absolute Gasteiger partial charge is 0.274 e. The van der Waals surface area contributed by atoms with Gasteiger partial charge in [-0.2, -0.15) is 0 Å². The molecule has 2 atom stereocenters. The first-order valence-electron chi connectivity index (χ1n) is 10.3. The highest BCUT2D eigenvalue weighted by atomic mass is 32.1. The molecule has 3 aromatic rings. The fraction of sp³-hybridized carbons (Fsp3) is 0.455. The lowest BCUT2D eigenvalue weighted by atomic mass is 10.1.